The lowest BCUT2D eigenvalue weighted by Gasteiger charge is -2.34. The number of carboxylic acid groups (broad SMARTS) is 1. The van der Waals surface area contributed by atoms with Gasteiger partial charge in [0.15, 0.2) is 0 Å². The molecule has 0 amide bonds. The molecule has 0 saturated carbocycles. The normalized spacial score (nSPS) is 18.1. The van der Waals surface area contributed by atoms with Crippen LogP contribution in [0.4, 0.5) is 0 Å². The van der Waals surface area contributed by atoms with Crippen molar-refractivity contribution in [1.29, 1.82) is 0 Å². The number of carboxylic acids is 1. The van der Waals surface area contributed by atoms with Crippen molar-refractivity contribution in [2.45, 2.75) is 71.1 Å². The Bertz CT molecular complexity index is 1190. The molecule has 1 saturated heterocycles. The van der Waals surface area contributed by atoms with Gasteiger partial charge in [-0.05, 0) is 97.0 Å². The van der Waals surface area contributed by atoms with Crippen LogP contribution in [0.25, 0.3) is 11.1 Å². The lowest BCUT2D eigenvalue weighted by Crippen LogP contribution is -2.44. The molecule has 3 aromatic carbocycles. The minimum absolute atomic E-state index is 0.362. The van der Waals surface area contributed by atoms with Gasteiger partial charge >= 0.3 is 5.97 Å². The molecule has 0 spiro atoms. The van der Waals surface area contributed by atoms with E-state index in [1.807, 2.05) is 6.07 Å². The van der Waals surface area contributed by atoms with Crippen LogP contribution in [0.1, 0.15) is 59.9 Å². The van der Waals surface area contributed by atoms with Crippen LogP contribution in [0.5, 0.6) is 5.75 Å². The highest BCUT2D eigenvalue weighted by atomic mass is 16.5. The number of aliphatic carboxylic acids is 1. The topological polar surface area (TPSA) is 49.8 Å². The Hall–Kier alpha value is -3.11. The predicted octanol–water partition coefficient (Wildman–Crippen LogP) is 6.56. The lowest BCUT2D eigenvalue weighted by atomic mass is 9.87. The first-order chi connectivity index (χ1) is 17.1. The fraction of sp³-hybridized carbons (Fsp3) is 0.387. The van der Waals surface area contributed by atoms with Crippen LogP contribution in [0.2, 0.25) is 0 Å². The first kappa shape index (κ1) is 23.6. The molecule has 5 rings (SSSR count). The molecule has 0 radical (unpaired) electrons. The van der Waals surface area contributed by atoms with Gasteiger partial charge in [0, 0.05) is 6.54 Å². The van der Waals surface area contributed by atoms with Crippen LogP contribution in [-0.4, -0.2) is 28.6 Å². The first-order valence-corrected chi connectivity index (χ1v) is 13.0. The summed E-state index contributed by atoms with van der Waals surface area (Å²) in [5.74, 6) is 0.299. The van der Waals surface area contributed by atoms with Crippen molar-refractivity contribution in [3.63, 3.8) is 0 Å². The van der Waals surface area contributed by atoms with E-state index in [9.17, 15) is 9.90 Å². The zero-order valence-corrected chi connectivity index (χ0v) is 20.6. The van der Waals surface area contributed by atoms with Crippen molar-refractivity contribution in [1.82, 2.24) is 4.90 Å². The molecule has 1 fully saturated rings. The number of benzene rings is 3. The van der Waals surface area contributed by atoms with E-state index in [1.165, 1.54) is 51.8 Å². The van der Waals surface area contributed by atoms with Crippen LogP contribution < -0.4 is 4.74 Å². The van der Waals surface area contributed by atoms with Crippen molar-refractivity contribution in [3.05, 3.63) is 88.5 Å². The molecule has 4 nitrogen and oxygen atoms in total. The molecular formula is C31H35NO3. The van der Waals surface area contributed by atoms with Crippen LogP contribution >= 0.6 is 0 Å². The van der Waals surface area contributed by atoms with Gasteiger partial charge in [0.25, 0.3) is 0 Å². The molecule has 1 N–H and O–H groups in total. The number of ether oxygens (including phenoxy) is 1. The Balaban J connectivity index is 1.37. The fourth-order valence-corrected chi connectivity index (χ4v) is 5.80. The van der Waals surface area contributed by atoms with Crippen molar-refractivity contribution in [2.75, 3.05) is 6.54 Å². The van der Waals surface area contributed by atoms with E-state index in [1.54, 1.807) is 0 Å². The van der Waals surface area contributed by atoms with E-state index in [4.69, 9.17) is 4.74 Å². The van der Waals surface area contributed by atoms with Crippen LogP contribution in [0, 0.1) is 6.92 Å². The molecule has 4 heteroatoms. The van der Waals surface area contributed by atoms with Crippen LogP contribution in [0.15, 0.2) is 60.7 Å². The van der Waals surface area contributed by atoms with E-state index in [0.29, 0.717) is 6.61 Å². The zero-order chi connectivity index (χ0) is 24.2. The van der Waals surface area contributed by atoms with E-state index in [0.717, 1.165) is 50.9 Å². The standard InChI is InChI=1S/C31H35NO3/c1-22-25(12-9-15-26(22)23-10-3-2-4-11-23)21-35-30-18-17-24(27-13-5-6-14-28(27)30)20-32-19-8-7-16-29(32)31(33)34/h2-4,9-12,15,17-18,29H,5-8,13-14,16,19-21H2,1H3,(H,33,34). The van der Waals surface area contributed by atoms with Crippen molar-refractivity contribution >= 4 is 5.97 Å². The van der Waals surface area contributed by atoms with Gasteiger partial charge < -0.3 is 9.84 Å². The minimum atomic E-state index is -0.688. The average Bonchev–Trinajstić information content (AvgIpc) is 2.89. The number of carbonyl (C=O) groups is 1. The van der Waals surface area contributed by atoms with Gasteiger partial charge in [-0.1, -0.05) is 61.0 Å². The largest absolute Gasteiger partial charge is 0.489 e. The Kier molecular flexibility index (Phi) is 7.19. The van der Waals surface area contributed by atoms with Gasteiger partial charge in [-0.25, -0.2) is 0 Å². The maximum atomic E-state index is 11.8. The summed E-state index contributed by atoms with van der Waals surface area (Å²) >= 11 is 0. The highest BCUT2D eigenvalue weighted by molar-refractivity contribution is 5.73. The summed E-state index contributed by atoms with van der Waals surface area (Å²) in [6, 6.07) is 20.9. The molecule has 182 valence electrons. The number of nitrogens with zero attached hydrogens (tertiary/aromatic N) is 1. The van der Waals surface area contributed by atoms with Gasteiger partial charge in [-0.15, -0.1) is 0 Å². The van der Waals surface area contributed by atoms with Crippen molar-refractivity contribution in [3.8, 4) is 16.9 Å². The molecule has 1 aliphatic heterocycles. The van der Waals surface area contributed by atoms with Gasteiger partial charge in [-0.3, -0.25) is 9.69 Å². The van der Waals surface area contributed by atoms with E-state index in [2.05, 4.69) is 66.4 Å². The summed E-state index contributed by atoms with van der Waals surface area (Å²) in [4.78, 5) is 14.0. The SMILES string of the molecule is Cc1c(COc2ccc(CN3CCCCC3C(=O)O)c3c2CCCC3)cccc1-c1ccccc1. The molecule has 0 bridgehead atoms. The molecule has 1 unspecified atom stereocenters. The van der Waals surface area contributed by atoms with Gasteiger partial charge in [-0.2, -0.15) is 0 Å². The lowest BCUT2D eigenvalue weighted by molar-refractivity contribution is -0.144. The molecule has 1 aliphatic carbocycles. The van der Waals surface area contributed by atoms with Gasteiger partial charge in [0.2, 0.25) is 0 Å². The van der Waals surface area contributed by atoms with E-state index >= 15 is 0 Å². The van der Waals surface area contributed by atoms with Crippen molar-refractivity contribution < 1.29 is 14.6 Å². The summed E-state index contributed by atoms with van der Waals surface area (Å²) in [6.07, 6.45) is 7.28. The smallest absolute Gasteiger partial charge is 0.320 e. The summed E-state index contributed by atoms with van der Waals surface area (Å²) in [7, 11) is 0. The number of rotatable bonds is 7. The maximum Gasteiger partial charge on any atom is 0.320 e. The second kappa shape index (κ2) is 10.7. The number of likely N-dealkylation sites (tertiary alicyclic amines) is 1. The summed E-state index contributed by atoms with van der Waals surface area (Å²) in [6.45, 7) is 4.31. The first-order valence-electron chi connectivity index (χ1n) is 13.0. The molecule has 35 heavy (non-hydrogen) atoms. The van der Waals surface area contributed by atoms with Gasteiger partial charge in [0.05, 0.1) is 0 Å². The third-order valence-electron chi connectivity index (χ3n) is 7.77. The number of piperidine rings is 1. The minimum Gasteiger partial charge on any atom is -0.489 e. The zero-order valence-electron chi connectivity index (χ0n) is 20.6. The van der Waals surface area contributed by atoms with Crippen molar-refractivity contribution in [2.24, 2.45) is 0 Å². The Morgan fingerprint density at radius 3 is 2.51 bits per heavy atom. The molecule has 2 aliphatic rings. The maximum absolute atomic E-state index is 11.8. The second-order valence-electron chi connectivity index (χ2n) is 9.95. The third-order valence-corrected chi connectivity index (χ3v) is 7.77. The quantitative estimate of drug-likeness (QED) is 0.426. The summed E-state index contributed by atoms with van der Waals surface area (Å²) < 4.78 is 6.46. The summed E-state index contributed by atoms with van der Waals surface area (Å²) in [5.41, 5.74) is 8.94. The molecular weight excluding hydrogens is 434 g/mol. The Labute approximate surface area is 208 Å². The Morgan fingerprint density at radius 1 is 0.914 bits per heavy atom. The Morgan fingerprint density at radius 2 is 1.71 bits per heavy atom. The molecule has 1 atom stereocenters. The van der Waals surface area contributed by atoms with Gasteiger partial charge in [0.1, 0.15) is 18.4 Å². The van der Waals surface area contributed by atoms with Crippen LogP contribution in [-0.2, 0) is 30.8 Å². The highest BCUT2D eigenvalue weighted by Gasteiger charge is 2.29. The molecule has 0 aromatic heterocycles. The number of hydrogen-bond donors (Lipinski definition) is 1. The third kappa shape index (κ3) is 5.13. The van der Waals surface area contributed by atoms with E-state index < -0.39 is 5.97 Å². The second-order valence-corrected chi connectivity index (χ2v) is 9.95. The molecule has 3 aromatic rings. The highest BCUT2D eigenvalue weighted by Crippen LogP contribution is 2.35. The average molecular weight is 470 g/mol. The summed E-state index contributed by atoms with van der Waals surface area (Å²) in [5, 5.41) is 9.70. The number of fused-ring (bicyclic) bond motifs is 1. The number of hydrogen-bond acceptors (Lipinski definition) is 3. The fourth-order valence-electron chi connectivity index (χ4n) is 5.80. The predicted molar refractivity (Wildman–Crippen MR) is 140 cm³/mol. The monoisotopic (exact) mass is 469 g/mol. The van der Waals surface area contributed by atoms with E-state index in [-0.39, 0.29) is 6.04 Å². The van der Waals surface area contributed by atoms with Crippen LogP contribution in [0.3, 0.4) is 0 Å². The molecule has 1 heterocycles.